The molecule has 5 heteroatoms. The van der Waals surface area contributed by atoms with E-state index in [0.29, 0.717) is 18.2 Å². The highest BCUT2D eigenvalue weighted by Gasteiger charge is 2.20. The molecule has 0 rings (SSSR count). The van der Waals surface area contributed by atoms with E-state index in [1.165, 1.54) is 0 Å². The molecule has 0 aromatic carbocycles. The molecule has 1 amide bonds. The molecule has 0 radical (unpaired) electrons. The first-order chi connectivity index (χ1) is 8.75. The lowest BCUT2D eigenvalue weighted by Crippen LogP contribution is -2.43. The molecule has 2 N–H and O–H groups in total. The average molecular weight is 271 g/mol. The van der Waals surface area contributed by atoms with Crippen LogP contribution in [0, 0.1) is 5.92 Å². The maximum atomic E-state index is 12.0. The molecule has 0 aliphatic carbocycles. The predicted octanol–water partition coefficient (Wildman–Crippen LogP) is 2.36. The fourth-order valence-electron chi connectivity index (χ4n) is 1.90. The first-order valence-corrected chi connectivity index (χ1v) is 7.01. The average Bonchev–Trinajstić information content (AvgIpc) is 2.25. The van der Waals surface area contributed by atoms with Crippen LogP contribution in [-0.2, 0) is 9.63 Å². The summed E-state index contributed by atoms with van der Waals surface area (Å²) in [5, 5.41) is 3.78. The van der Waals surface area contributed by atoms with Crippen molar-refractivity contribution in [1.29, 1.82) is 0 Å². The maximum Gasteiger partial charge on any atom is 0.263 e. The normalized spacial score (nSPS) is 12.4. The van der Waals surface area contributed by atoms with Gasteiger partial charge in [-0.3, -0.25) is 4.79 Å². The van der Waals surface area contributed by atoms with Crippen molar-refractivity contribution in [3.8, 4) is 0 Å². The number of amidine groups is 1. The second-order valence-electron chi connectivity index (χ2n) is 5.78. The summed E-state index contributed by atoms with van der Waals surface area (Å²) in [5.41, 5.74) is 5.70. The highest BCUT2D eigenvalue weighted by atomic mass is 16.6. The number of carbonyl (C=O) groups is 1. The van der Waals surface area contributed by atoms with Crippen LogP contribution in [0.25, 0.3) is 0 Å². The number of nitrogens with two attached hydrogens (primary N) is 1. The second kappa shape index (κ2) is 8.77. The van der Waals surface area contributed by atoms with E-state index in [0.717, 1.165) is 6.42 Å². The van der Waals surface area contributed by atoms with Crippen LogP contribution < -0.4 is 5.73 Å². The van der Waals surface area contributed by atoms with Gasteiger partial charge in [0.15, 0.2) is 6.61 Å². The summed E-state index contributed by atoms with van der Waals surface area (Å²) in [5.74, 6) is 0.959. The standard InChI is InChI=1S/C14H29N3O2/c1-10(2)7-8-13(15)16-19-9-14(18)17(11(3)4)12(5)6/h10-12H,7-9H2,1-6H3,(H2,15,16). The molecule has 0 aliphatic rings. The number of rotatable bonds is 8. The summed E-state index contributed by atoms with van der Waals surface area (Å²) in [6.07, 6.45) is 1.67. The SMILES string of the molecule is CC(C)CC/C(N)=N/OCC(=O)N(C(C)C)C(C)C. The van der Waals surface area contributed by atoms with Gasteiger partial charge in [0.05, 0.1) is 0 Å². The number of hydrogen-bond donors (Lipinski definition) is 1. The van der Waals surface area contributed by atoms with Gasteiger partial charge in [0.25, 0.3) is 5.91 Å². The Hall–Kier alpha value is -1.26. The molecule has 0 bridgehead atoms. The van der Waals surface area contributed by atoms with Crippen molar-refractivity contribution in [2.24, 2.45) is 16.8 Å². The van der Waals surface area contributed by atoms with Gasteiger partial charge >= 0.3 is 0 Å². The van der Waals surface area contributed by atoms with E-state index in [1.807, 2.05) is 27.7 Å². The van der Waals surface area contributed by atoms with Crippen molar-refractivity contribution in [1.82, 2.24) is 4.90 Å². The summed E-state index contributed by atoms with van der Waals surface area (Å²) in [6.45, 7) is 12.1. The van der Waals surface area contributed by atoms with Crippen LogP contribution in [0.1, 0.15) is 54.4 Å². The molecule has 112 valence electrons. The first-order valence-electron chi connectivity index (χ1n) is 7.01. The van der Waals surface area contributed by atoms with Crippen LogP contribution in [0.3, 0.4) is 0 Å². The molecule has 0 aliphatic heterocycles. The Morgan fingerprint density at radius 2 is 1.68 bits per heavy atom. The lowest BCUT2D eigenvalue weighted by molar-refractivity contribution is -0.139. The number of carbonyl (C=O) groups excluding carboxylic acids is 1. The third-order valence-corrected chi connectivity index (χ3v) is 2.75. The number of nitrogens with zero attached hydrogens (tertiary/aromatic N) is 2. The van der Waals surface area contributed by atoms with E-state index >= 15 is 0 Å². The molecule has 0 saturated carbocycles. The summed E-state index contributed by atoms with van der Waals surface area (Å²) in [6, 6.07) is 0.303. The Bertz CT molecular complexity index is 291. The van der Waals surface area contributed by atoms with E-state index in [1.54, 1.807) is 4.90 Å². The predicted molar refractivity (Wildman–Crippen MR) is 78.8 cm³/mol. The Kier molecular flexibility index (Phi) is 8.19. The largest absolute Gasteiger partial charge is 0.384 e. The molecular weight excluding hydrogens is 242 g/mol. The molecule has 19 heavy (non-hydrogen) atoms. The van der Waals surface area contributed by atoms with Crippen molar-refractivity contribution in [3.63, 3.8) is 0 Å². The Morgan fingerprint density at radius 1 is 1.16 bits per heavy atom. The highest BCUT2D eigenvalue weighted by molar-refractivity contribution is 5.80. The van der Waals surface area contributed by atoms with E-state index in [4.69, 9.17) is 10.6 Å². The minimum Gasteiger partial charge on any atom is -0.384 e. The lowest BCUT2D eigenvalue weighted by Gasteiger charge is -2.30. The van der Waals surface area contributed by atoms with E-state index in [9.17, 15) is 4.79 Å². The summed E-state index contributed by atoms with van der Waals surface area (Å²) in [7, 11) is 0. The topological polar surface area (TPSA) is 67.9 Å². The van der Waals surface area contributed by atoms with Crippen molar-refractivity contribution in [3.05, 3.63) is 0 Å². The van der Waals surface area contributed by atoms with Crippen LogP contribution in [0.4, 0.5) is 0 Å². The molecule has 0 heterocycles. The van der Waals surface area contributed by atoms with Crippen molar-refractivity contribution in [2.45, 2.75) is 66.5 Å². The number of oxime groups is 1. The zero-order chi connectivity index (χ0) is 15.0. The van der Waals surface area contributed by atoms with Gasteiger partial charge in [-0.1, -0.05) is 19.0 Å². The minimum absolute atomic E-state index is 0.0568. The zero-order valence-corrected chi connectivity index (χ0v) is 13.1. The summed E-state index contributed by atoms with van der Waals surface area (Å²) in [4.78, 5) is 18.8. The summed E-state index contributed by atoms with van der Waals surface area (Å²) >= 11 is 0. The van der Waals surface area contributed by atoms with E-state index in [-0.39, 0.29) is 24.6 Å². The van der Waals surface area contributed by atoms with Crippen molar-refractivity contribution < 1.29 is 9.63 Å². The highest BCUT2D eigenvalue weighted by Crippen LogP contribution is 2.06. The number of hydrogen-bond acceptors (Lipinski definition) is 3. The Labute approximate surface area is 117 Å². The van der Waals surface area contributed by atoms with Crippen molar-refractivity contribution in [2.75, 3.05) is 6.61 Å². The Morgan fingerprint density at radius 3 is 2.11 bits per heavy atom. The first kappa shape index (κ1) is 17.7. The van der Waals surface area contributed by atoms with E-state index < -0.39 is 0 Å². The van der Waals surface area contributed by atoms with Gasteiger partial charge in [0.1, 0.15) is 5.84 Å². The van der Waals surface area contributed by atoms with Gasteiger partial charge in [-0.2, -0.15) is 0 Å². The van der Waals surface area contributed by atoms with Gasteiger partial charge in [0.2, 0.25) is 0 Å². The van der Waals surface area contributed by atoms with Gasteiger partial charge in [0, 0.05) is 18.5 Å². The molecule has 0 fully saturated rings. The molecular formula is C14H29N3O2. The molecule has 0 aromatic heterocycles. The second-order valence-corrected chi connectivity index (χ2v) is 5.78. The molecule has 0 atom stereocenters. The van der Waals surface area contributed by atoms with Crippen LogP contribution in [0.2, 0.25) is 0 Å². The monoisotopic (exact) mass is 271 g/mol. The Balaban J connectivity index is 4.18. The van der Waals surface area contributed by atoms with E-state index in [2.05, 4.69) is 19.0 Å². The molecule has 0 aromatic rings. The molecule has 0 saturated heterocycles. The van der Waals surface area contributed by atoms with Crippen LogP contribution in [0.15, 0.2) is 5.16 Å². The molecule has 5 nitrogen and oxygen atoms in total. The van der Waals surface area contributed by atoms with Gasteiger partial charge < -0.3 is 15.5 Å². The quantitative estimate of drug-likeness (QED) is 0.418. The number of amides is 1. The molecule has 0 unspecified atom stereocenters. The third-order valence-electron chi connectivity index (χ3n) is 2.75. The lowest BCUT2D eigenvalue weighted by atomic mass is 10.1. The van der Waals surface area contributed by atoms with Gasteiger partial charge in [-0.25, -0.2) is 0 Å². The van der Waals surface area contributed by atoms with Crippen molar-refractivity contribution >= 4 is 11.7 Å². The minimum atomic E-state index is -0.0644. The van der Waals surface area contributed by atoms with Crippen LogP contribution in [-0.4, -0.2) is 35.3 Å². The van der Waals surface area contributed by atoms with Crippen LogP contribution in [0.5, 0.6) is 0 Å². The third kappa shape index (κ3) is 7.70. The zero-order valence-electron chi connectivity index (χ0n) is 13.1. The van der Waals surface area contributed by atoms with Gasteiger partial charge in [-0.05, 0) is 40.0 Å². The fourth-order valence-corrected chi connectivity index (χ4v) is 1.90. The smallest absolute Gasteiger partial charge is 0.263 e. The van der Waals surface area contributed by atoms with Gasteiger partial charge in [-0.15, -0.1) is 0 Å². The molecule has 0 spiro atoms. The maximum absolute atomic E-state index is 12.0. The van der Waals surface area contributed by atoms with Crippen LogP contribution >= 0.6 is 0 Å². The fraction of sp³-hybridized carbons (Fsp3) is 0.857. The summed E-state index contributed by atoms with van der Waals surface area (Å²) < 4.78 is 0.